The summed E-state index contributed by atoms with van der Waals surface area (Å²) >= 11 is 6.39. The number of carbonyl (C=O) groups excluding carboxylic acids is 1. The third-order valence-electron chi connectivity index (χ3n) is 5.33. The number of aromatic nitrogens is 2. The van der Waals surface area contributed by atoms with Gasteiger partial charge < -0.3 is 14.5 Å². The molecule has 1 fully saturated rings. The van der Waals surface area contributed by atoms with Gasteiger partial charge >= 0.3 is 0 Å². The lowest BCUT2D eigenvalue weighted by molar-refractivity contribution is -0.129. The first-order chi connectivity index (χ1) is 13.9. The van der Waals surface area contributed by atoms with Crippen molar-refractivity contribution >= 4 is 23.3 Å². The van der Waals surface area contributed by atoms with Crippen molar-refractivity contribution in [1.29, 1.82) is 0 Å². The van der Waals surface area contributed by atoms with Gasteiger partial charge in [-0.05, 0) is 12.1 Å². The zero-order valence-corrected chi connectivity index (χ0v) is 16.8. The molecule has 0 bridgehead atoms. The average molecular weight is 423 g/mol. The molecule has 2 aromatic rings. The minimum absolute atomic E-state index is 0.0114. The van der Waals surface area contributed by atoms with Crippen molar-refractivity contribution in [3.05, 3.63) is 46.4 Å². The molecule has 2 aliphatic rings. The van der Waals surface area contributed by atoms with Gasteiger partial charge in [0.1, 0.15) is 11.9 Å². The summed E-state index contributed by atoms with van der Waals surface area (Å²) in [4.78, 5) is 24.6. The Bertz CT molecular complexity index is 935. The number of hydrogen-bond donors (Lipinski definition) is 0. The van der Waals surface area contributed by atoms with Gasteiger partial charge in [-0.1, -0.05) is 11.6 Å². The normalized spacial score (nSPS) is 17.2. The van der Waals surface area contributed by atoms with Gasteiger partial charge in [0.05, 0.1) is 17.9 Å². The number of ether oxygens (including phenoxy) is 1. The topological polar surface area (TPSA) is 58.6 Å². The molecule has 0 spiro atoms. The van der Waals surface area contributed by atoms with E-state index in [1.807, 2.05) is 4.90 Å². The summed E-state index contributed by atoms with van der Waals surface area (Å²) in [6, 6.07) is 3.32. The fraction of sp³-hybridized carbons (Fsp3) is 0.450. The molecule has 1 amide bonds. The molecular weight excluding hydrogens is 402 g/mol. The molecule has 9 heteroatoms. The monoisotopic (exact) mass is 422 g/mol. The van der Waals surface area contributed by atoms with E-state index in [9.17, 15) is 13.6 Å². The second-order valence-electron chi connectivity index (χ2n) is 7.30. The molecule has 0 radical (unpaired) electrons. The van der Waals surface area contributed by atoms with E-state index in [1.165, 1.54) is 12.1 Å². The standard InChI is InChI=1S/C20H21ClF2N4O2/c1-12(28)27-9-6-16-17(11-27)24-19(21)20(25-16)26-7-4-14(5-8-26)29-18-3-2-13(22)10-15(18)23/h2-3,10,14H,4-9,11H2,1H3. The number of anilines is 1. The highest BCUT2D eigenvalue weighted by molar-refractivity contribution is 6.31. The van der Waals surface area contributed by atoms with Crippen LogP contribution in [0.1, 0.15) is 31.2 Å². The first kappa shape index (κ1) is 19.8. The first-order valence-corrected chi connectivity index (χ1v) is 9.96. The molecule has 29 heavy (non-hydrogen) atoms. The lowest BCUT2D eigenvalue weighted by Crippen LogP contribution is -2.40. The van der Waals surface area contributed by atoms with Crippen LogP contribution in [0, 0.1) is 11.6 Å². The maximum absolute atomic E-state index is 13.8. The summed E-state index contributed by atoms with van der Waals surface area (Å²) in [6.45, 7) is 3.87. The first-order valence-electron chi connectivity index (χ1n) is 9.58. The maximum Gasteiger partial charge on any atom is 0.219 e. The molecule has 2 aliphatic heterocycles. The number of rotatable bonds is 3. The summed E-state index contributed by atoms with van der Waals surface area (Å²) in [5.74, 6) is -0.621. The van der Waals surface area contributed by atoms with E-state index >= 15 is 0 Å². The molecule has 0 aliphatic carbocycles. The highest BCUT2D eigenvalue weighted by Crippen LogP contribution is 2.30. The predicted molar refractivity (Wildman–Crippen MR) is 104 cm³/mol. The van der Waals surface area contributed by atoms with Gasteiger partial charge in [-0.3, -0.25) is 4.79 Å². The fourth-order valence-electron chi connectivity index (χ4n) is 3.70. The Morgan fingerprint density at radius 1 is 1.17 bits per heavy atom. The van der Waals surface area contributed by atoms with E-state index in [-0.39, 0.29) is 17.8 Å². The van der Waals surface area contributed by atoms with Crippen LogP contribution < -0.4 is 9.64 Å². The number of benzene rings is 1. The predicted octanol–water partition coefficient (Wildman–Crippen LogP) is 3.36. The third kappa shape index (κ3) is 4.27. The molecular formula is C20H21ClF2N4O2. The Morgan fingerprint density at radius 2 is 1.93 bits per heavy atom. The zero-order chi connectivity index (χ0) is 20.5. The molecule has 6 nitrogen and oxygen atoms in total. The van der Waals surface area contributed by atoms with Crippen LogP contribution in [-0.2, 0) is 17.8 Å². The minimum Gasteiger partial charge on any atom is -0.487 e. The number of nitrogens with zero attached hydrogens (tertiary/aromatic N) is 4. The maximum atomic E-state index is 13.8. The van der Waals surface area contributed by atoms with Crippen LogP contribution >= 0.6 is 11.6 Å². The molecule has 1 saturated heterocycles. The number of hydrogen-bond acceptors (Lipinski definition) is 5. The molecule has 0 N–H and O–H groups in total. The van der Waals surface area contributed by atoms with Gasteiger partial charge in [-0.15, -0.1) is 0 Å². The van der Waals surface area contributed by atoms with Crippen molar-refractivity contribution in [3.8, 4) is 5.75 Å². The fourth-order valence-corrected chi connectivity index (χ4v) is 3.97. The second kappa shape index (κ2) is 8.10. The summed E-state index contributed by atoms with van der Waals surface area (Å²) in [6.07, 6.45) is 1.79. The van der Waals surface area contributed by atoms with E-state index in [2.05, 4.69) is 4.98 Å². The molecule has 0 saturated carbocycles. The van der Waals surface area contributed by atoms with Gasteiger partial charge in [-0.2, -0.15) is 0 Å². The van der Waals surface area contributed by atoms with Gasteiger partial charge in [-0.25, -0.2) is 18.7 Å². The lowest BCUT2D eigenvalue weighted by atomic mass is 10.1. The second-order valence-corrected chi connectivity index (χ2v) is 7.66. The quantitative estimate of drug-likeness (QED) is 0.759. The van der Waals surface area contributed by atoms with E-state index in [0.29, 0.717) is 56.4 Å². The van der Waals surface area contributed by atoms with Crippen molar-refractivity contribution in [2.75, 3.05) is 24.5 Å². The highest BCUT2D eigenvalue weighted by atomic mass is 35.5. The molecule has 0 unspecified atom stereocenters. The van der Waals surface area contributed by atoms with Gasteiger partial charge in [0.25, 0.3) is 0 Å². The van der Waals surface area contributed by atoms with Crippen LogP contribution in [0.15, 0.2) is 18.2 Å². The van der Waals surface area contributed by atoms with Gasteiger partial charge in [0, 0.05) is 51.9 Å². The van der Waals surface area contributed by atoms with Crippen LogP contribution in [0.2, 0.25) is 5.15 Å². The van der Waals surface area contributed by atoms with Crippen molar-refractivity contribution in [2.45, 2.75) is 38.8 Å². The number of carbonyl (C=O) groups is 1. The summed E-state index contributed by atoms with van der Waals surface area (Å²) in [5.41, 5.74) is 1.61. The van der Waals surface area contributed by atoms with Gasteiger partial charge in [0.2, 0.25) is 5.91 Å². The lowest BCUT2D eigenvalue weighted by Gasteiger charge is -2.34. The summed E-state index contributed by atoms with van der Waals surface area (Å²) in [5, 5.41) is 0.318. The zero-order valence-electron chi connectivity index (χ0n) is 16.0. The number of halogens is 3. The van der Waals surface area contributed by atoms with Crippen molar-refractivity contribution in [3.63, 3.8) is 0 Å². The Balaban J connectivity index is 1.42. The van der Waals surface area contributed by atoms with Crippen LogP contribution in [-0.4, -0.2) is 46.5 Å². The molecule has 4 rings (SSSR count). The summed E-state index contributed by atoms with van der Waals surface area (Å²) < 4.78 is 32.5. The molecule has 154 valence electrons. The smallest absolute Gasteiger partial charge is 0.219 e. The van der Waals surface area contributed by atoms with Gasteiger partial charge in [0.15, 0.2) is 22.5 Å². The number of amides is 1. The SMILES string of the molecule is CC(=O)N1CCc2nc(N3CCC(Oc4ccc(F)cc4F)CC3)c(Cl)nc2C1. The third-order valence-corrected chi connectivity index (χ3v) is 5.58. The van der Waals surface area contributed by atoms with Crippen molar-refractivity contribution in [2.24, 2.45) is 0 Å². The average Bonchev–Trinajstić information content (AvgIpc) is 2.70. The minimum atomic E-state index is -0.698. The van der Waals surface area contributed by atoms with E-state index in [0.717, 1.165) is 17.5 Å². The van der Waals surface area contributed by atoms with E-state index in [1.54, 1.807) is 11.8 Å². The van der Waals surface area contributed by atoms with Crippen LogP contribution in [0.3, 0.4) is 0 Å². The largest absolute Gasteiger partial charge is 0.487 e. The van der Waals surface area contributed by atoms with Crippen molar-refractivity contribution in [1.82, 2.24) is 14.9 Å². The van der Waals surface area contributed by atoms with Crippen LogP contribution in [0.5, 0.6) is 5.75 Å². The Labute approximate surface area is 172 Å². The van der Waals surface area contributed by atoms with E-state index in [4.69, 9.17) is 21.3 Å². The van der Waals surface area contributed by atoms with Crippen LogP contribution in [0.25, 0.3) is 0 Å². The van der Waals surface area contributed by atoms with E-state index < -0.39 is 11.6 Å². The Hall–Kier alpha value is -2.48. The summed E-state index contributed by atoms with van der Waals surface area (Å²) in [7, 11) is 0. The molecule has 1 aromatic heterocycles. The molecule has 1 aromatic carbocycles. The number of piperidine rings is 1. The molecule has 3 heterocycles. The van der Waals surface area contributed by atoms with Crippen molar-refractivity contribution < 1.29 is 18.3 Å². The highest BCUT2D eigenvalue weighted by Gasteiger charge is 2.27. The Morgan fingerprint density at radius 3 is 2.62 bits per heavy atom. The Kier molecular flexibility index (Phi) is 5.54. The van der Waals surface area contributed by atoms with Crippen LogP contribution in [0.4, 0.5) is 14.6 Å². The number of fused-ring (bicyclic) bond motifs is 1. The molecule has 0 atom stereocenters.